The molecule has 1 aliphatic rings. The molecule has 2 nitrogen and oxygen atoms in total. The Balaban J connectivity index is 2.48. The molecule has 1 aliphatic heterocycles. The molecule has 0 aliphatic carbocycles. The molecule has 2 unspecified atom stereocenters. The highest BCUT2D eigenvalue weighted by Crippen LogP contribution is 2.37. The van der Waals surface area contributed by atoms with Crippen LogP contribution in [0.25, 0.3) is 0 Å². The zero-order chi connectivity index (χ0) is 5.28. The van der Waals surface area contributed by atoms with Crippen LogP contribution in [-0.2, 0) is 9.09 Å². The van der Waals surface area contributed by atoms with Crippen LogP contribution < -0.4 is 0 Å². The van der Waals surface area contributed by atoms with E-state index < -0.39 is 8.03 Å². The van der Waals surface area contributed by atoms with Crippen LogP contribution in [0, 0.1) is 0 Å². The lowest BCUT2D eigenvalue weighted by Crippen LogP contribution is -1.85. The highest BCUT2D eigenvalue weighted by Gasteiger charge is 2.19. The molecule has 0 saturated carbocycles. The van der Waals surface area contributed by atoms with Gasteiger partial charge in [0, 0.05) is 0 Å². The second kappa shape index (κ2) is 1.89. The highest BCUT2D eigenvalue weighted by molar-refractivity contribution is 7.40. The van der Waals surface area contributed by atoms with E-state index in [4.69, 9.17) is 4.52 Å². The Kier molecular flexibility index (Phi) is 1.40. The highest BCUT2D eigenvalue weighted by atomic mass is 31.1. The summed E-state index contributed by atoms with van der Waals surface area (Å²) in [6.07, 6.45) is 0.967. The number of hydrogen-bond acceptors (Lipinski definition) is 2. The molecule has 0 aromatic rings. The van der Waals surface area contributed by atoms with Crippen molar-refractivity contribution in [3.63, 3.8) is 0 Å². The van der Waals surface area contributed by atoms with E-state index in [2.05, 4.69) is 0 Å². The van der Waals surface area contributed by atoms with Gasteiger partial charge in [-0.2, -0.15) is 0 Å². The Bertz CT molecular complexity index is 91.7. The van der Waals surface area contributed by atoms with Crippen molar-refractivity contribution < 1.29 is 9.09 Å². The second-order valence-electron chi connectivity index (χ2n) is 1.76. The summed E-state index contributed by atoms with van der Waals surface area (Å²) >= 11 is 0. The molecule has 0 aromatic carbocycles. The summed E-state index contributed by atoms with van der Waals surface area (Å²) in [5.74, 6) is 0. The van der Waals surface area contributed by atoms with Gasteiger partial charge in [0.05, 0.1) is 12.3 Å². The van der Waals surface area contributed by atoms with E-state index in [-0.39, 0.29) is 0 Å². The van der Waals surface area contributed by atoms with Gasteiger partial charge in [-0.05, 0) is 6.42 Å². The van der Waals surface area contributed by atoms with Gasteiger partial charge < -0.3 is 4.52 Å². The van der Waals surface area contributed by atoms with Crippen LogP contribution in [0.3, 0.4) is 0 Å². The molecule has 0 amide bonds. The van der Waals surface area contributed by atoms with Gasteiger partial charge in [0.2, 0.25) is 8.03 Å². The van der Waals surface area contributed by atoms with E-state index in [1.165, 1.54) is 0 Å². The third-order valence-electron chi connectivity index (χ3n) is 1.11. The van der Waals surface area contributed by atoms with E-state index in [0.29, 0.717) is 12.3 Å². The van der Waals surface area contributed by atoms with Gasteiger partial charge in [-0.15, -0.1) is 0 Å². The average molecular weight is 119 g/mol. The lowest BCUT2D eigenvalue weighted by molar-refractivity contribution is 0.364. The lowest BCUT2D eigenvalue weighted by atomic mass is 10.4. The SMILES string of the molecule is CC1CCO[P]1=O. The Morgan fingerprint density at radius 3 is 2.71 bits per heavy atom. The summed E-state index contributed by atoms with van der Waals surface area (Å²) in [7, 11) is -1.28. The van der Waals surface area contributed by atoms with Gasteiger partial charge in [-0.1, -0.05) is 6.92 Å². The van der Waals surface area contributed by atoms with Crippen molar-refractivity contribution in [2.24, 2.45) is 0 Å². The molecule has 1 heterocycles. The molecule has 2 atom stereocenters. The van der Waals surface area contributed by atoms with Gasteiger partial charge in [-0.25, -0.2) is 0 Å². The van der Waals surface area contributed by atoms with Crippen LogP contribution in [0.5, 0.6) is 0 Å². The fraction of sp³-hybridized carbons (Fsp3) is 1.00. The van der Waals surface area contributed by atoms with Gasteiger partial charge >= 0.3 is 0 Å². The molecule has 1 radical (unpaired) electrons. The quantitative estimate of drug-likeness (QED) is 0.452. The van der Waals surface area contributed by atoms with Crippen molar-refractivity contribution in [1.82, 2.24) is 0 Å². The topological polar surface area (TPSA) is 26.3 Å². The Labute approximate surface area is 43.7 Å². The Hall–Kier alpha value is 0.0600. The van der Waals surface area contributed by atoms with Crippen molar-refractivity contribution in [1.29, 1.82) is 0 Å². The maximum absolute atomic E-state index is 10.5. The van der Waals surface area contributed by atoms with Gasteiger partial charge in [0.1, 0.15) is 0 Å². The molecular weight excluding hydrogens is 111 g/mol. The Morgan fingerprint density at radius 2 is 2.57 bits per heavy atom. The van der Waals surface area contributed by atoms with Crippen LogP contribution in [0.4, 0.5) is 0 Å². The summed E-state index contributed by atoms with van der Waals surface area (Å²) < 4.78 is 15.3. The smallest absolute Gasteiger partial charge is 0.215 e. The van der Waals surface area contributed by atoms with Gasteiger partial charge in [0.15, 0.2) is 0 Å². The molecule has 0 N–H and O–H groups in total. The van der Waals surface area contributed by atoms with Crippen LogP contribution in [0.2, 0.25) is 0 Å². The standard InChI is InChI=1S/C4H8O2P/c1-4-2-3-6-7(4)5/h4H,2-3H2,1H3. The average Bonchev–Trinajstić information content (AvgIpc) is 1.91. The van der Waals surface area contributed by atoms with E-state index in [1.807, 2.05) is 6.92 Å². The molecule has 0 aromatic heterocycles. The predicted octanol–water partition coefficient (Wildman–Crippen LogP) is 1.54. The minimum Gasteiger partial charge on any atom is -0.304 e. The monoisotopic (exact) mass is 119 g/mol. The fourth-order valence-corrected chi connectivity index (χ4v) is 1.40. The third kappa shape index (κ3) is 0.987. The number of hydrogen-bond donors (Lipinski definition) is 0. The van der Waals surface area contributed by atoms with Gasteiger partial charge in [-0.3, -0.25) is 4.57 Å². The molecule has 1 rings (SSSR count). The summed E-state index contributed by atoms with van der Waals surface area (Å²) in [4.78, 5) is 0. The maximum atomic E-state index is 10.5. The fourth-order valence-electron chi connectivity index (χ4n) is 0.546. The van der Waals surface area contributed by atoms with E-state index in [9.17, 15) is 4.57 Å². The molecule has 41 valence electrons. The summed E-state index contributed by atoms with van der Waals surface area (Å²) in [5.41, 5.74) is 0.301. The predicted molar refractivity (Wildman–Crippen MR) is 27.6 cm³/mol. The number of rotatable bonds is 0. The first kappa shape index (κ1) is 5.20. The van der Waals surface area contributed by atoms with Crippen LogP contribution >= 0.6 is 8.03 Å². The minimum atomic E-state index is -1.28. The first-order valence-electron chi connectivity index (χ1n) is 2.40. The molecule has 1 fully saturated rings. The molecule has 1 saturated heterocycles. The molecule has 0 bridgehead atoms. The molecule has 0 spiro atoms. The maximum Gasteiger partial charge on any atom is 0.215 e. The van der Waals surface area contributed by atoms with E-state index in [1.54, 1.807) is 0 Å². The molecule has 7 heavy (non-hydrogen) atoms. The first-order valence-corrected chi connectivity index (χ1v) is 3.64. The van der Waals surface area contributed by atoms with Crippen LogP contribution in [0.15, 0.2) is 0 Å². The summed E-state index contributed by atoms with van der Waals surface area (Å²) in [6.45, 7) is 2.64. The first-order chi connectivity index (χ1) is 3.30. The largest absolute Gasteiger partial charge is 0.304 e. The van der Waals surface area contributed by atoms with Crippen molar-refractivity contribution in [2.75, 3.05) is 6.61 Å². The second-order valence-corrected chi connectivity index (χ2v) is 3.47. The molecule has 3 heteroatoms. The zero-order valence-corrected chi connectivity index (χ0v) is 5.15. The van der Waals surface area contributed by atoms with E-state index >= 15 is 0 Å². The summed E-state index contributed by atoms with van der Waals surface area (Å²) in [6, 6.07) is 0. The Morgan fingerprint density at radius 1 is 1.86 bits per heavy atom. The van der Waals surface area contributed by atoms with Crippen molar-refractivity contribution >= 4 is 8.03 Å². The van der Waals surface area contributed by atoms with Crippen molar-refractivity contribution in [3.8, 4) is 0 Å². The zero-order valence-electron chi connectivity index (χ0n) is 4.26. The summed E-state index contributed by atoms with van der Waals surface area (Å²) in [5, 5.41) is 0. The van der Waals surface area contributed by atoms with Crippen molar-refractivity contribution in [3.05, 3.63) is 0 Å². The normalized spacial score (nSPS) is 36.7. The van der Waals surface area contributed by atoms with Crippen molar-refractivity contribution in [2.45, 2.75) is 19.0 Å². The molecular formula is C4H8O2P. The lowest BCUT2D eigenvalue weighted by Gasteiger charge is -1.88. The van der Waals surface area contributed by atoms with Crippen LogP contribution in [0.1, 0.15) is 13.3 Å². The third-order valence-corrected chi connectivity index (χ3v) is 2.53. The van der Waals surface area contributed by atoms with E-state index in [0.717, 1.165) is 6.42 Å². The minimum absolute atomic E-state index is 0.301. The van der Waals surface area contributed by atoms with Gasteiger partial charge in [0.25, 0.3) is 0 Å². The van der Waals surface area contributed by atoms with Crippen LogP contribution in [-0.4, -0.2) is 12.3 Å².